The second-order valence-electron chi connectivity index (χ2n) is 5.09. The highest BCUT2D eigenvalue weighted by Crippen LogP contribution is 2.37. The number of thiophene rings is 1. The fourth-order valence-corrected chi connectivity index (χ4v) is 3.10. The first kappa shape index (κ1) is 17.2. The summed E-state index contributed by atoms with van der Waals surface area (Å²) in [5.74, 6) is -0.889. The Bertz CT molecular complexity index is 721. The van der Waals surface area contributed by atoms with Gasteiger partial charge in [-0.25, -0.2) is 0 Å². The van der Waals surface area contributed by atoms with Gasteiger partial charge < -0.3 is 19.7 Å². The molecule has 0 bridgehead atoms. The van der Waals surface area contributed by atoms with Crippen LogP contribution in [0.1, 0.15) is 23.0 Å². The van der Waals surface area contributed by atoms with E-state index in [0.717, 1.165) is 10.1 Å². The molecule has 1 heterocycles. The van der Waals surface area contributed by atoms with Crippen molar-refractivity contribution < 1.29 is 29.3 Å². The van der Waals surface area contributed by atoms with Gasteiger partial charge >= 0.3 is 5.97 Å². The van der Waals surface area contributed by atoms with Crippen LogP contribution in [0, 0.1) is 5.92 Å². The van der Waals surface area contributed by atoms with E-state index in [1.807, 2.05) is 0 Å². The molecule has 0 aliphatic heterocycles. The van der Waals surface area contributed by atoms with Gasteiger partial charge in [0.2, 0.25) is 0 Å². The van der Waals surface area contributed by atoms with Gasteiger partial charge in [-0.15, -0.1) is 11.3 Å². The van der Waals surface area contributed by atoms with Gasteiger partial charge in [-0.1, -0.05) is 6.92 Å². The number of carbonyl (C=O) groups is 2. The Morgan fingerprint density at radius 2 is 2.00 bits per heavy atom. The fraction of sp³-hybridized carbons (Fsp3) is 0.375. The molecule has 2 N–H and O–H groups in total. The van der Waals surface area contributed by atoms with Crippen molar-refractivity contribution in [2.75, 3.05) is 20.3 Å². The Morgan fingerprint density at radius 1 is 1.26 bits per heavy atom. The number of aliphatic carboxylic acids is 1. The number of aliphatic hydroxyl groups is 1. The van der Waals surface area contributed by atoms with E-state index in [1.54, 1.807) is 18.2 Å². The second-order valence-corrected chi connectivity index (χ2v) is 6.17. The molecule has 0 aliphatic rings. The second kappa shape index (κ2) is 7.43. The minimum Gasteiger partial charge on any atom is -0.493 e. The molecule has 0 unspecified atom stereocenters. The summed E-state index contributed by atoms with van der Waals surface area (Å²) in [6.45, 7) is 1.55. The van der Waals surface area contributed by atoms with E-state index in [0.29, 0.717) is 16.4 Å². The number of fused-ring (bicyclic) bond motifs is 1. The van der Waals surface area contributed by atoms with Crippen molar-refractivity contribution >= 4 is 33.2 Å². The van der Waals surface area contributed by atoms with Crippen LogP contribution < -0.4 is 9.47 Å². The number of hydrogen-bond donors (Lipinski definition) is 2. The number of hydrogen-bond acceptors (Lipinski definition) is 6. The van der Waals surface area contributed by atoms with Crippen LogP contribution in [0.3, 0.4) is 0 Å². The van der Waals surface area contributed by atoms with Gasteiger partial charge in [-0.05, 0) is 17.5 Å². The molecule has 0 aliphatic carbocycles. The smallest absolute Gasteiger partial charge is 0.306 e. The molecule has 0 saturated carbocycles. The third-order valence-corrected chi connectivity index (χ3v) is 4.48. The van der Waals surface area contributed by atoms with Crippen molar-refractivity contribution in [1.82, 2.24) is 0 Å². The van der Waals surface area contributed by atoms with E-state index in [-0.39, 0.29) is 25.4 Å². The van der Waals surface area contributed by atoms with E-state index in [9.17, 15) is 9.59 Å². The van der Waals surface area contributed by atoms with Gasteiger partial charge in [0.15, 0.2) is 17.3 Å². The minimum atomic E-state index is -0.985. The normalized spacial score (nSPS) is 12.1. The lowest BCUT2D eigenvalue weighted by atomic mass is 10.0. The van der Waals surface area contributed by atoms with Gasteiger partial charge in [-0.2, -0.15) is 0 Å². The number of ether oxygens (including phenoxy) is 2. The number of rotatable bonds is 8. The summed E-state index contributed by atoms with van der Waals surface area (Å²) in [6, 6.07) is 5.25. The highest BCUT2D eigenvalue weighted by atomic mass is 32.1. The highest BCUT2D eigenvalue weighted by Gasteiger charge is 2.19. The molecule has 2 aromatic rings. The van der Waals surface area contributed by atoms with Crippen molar-refractivity contribution in [3.05, 3.63) is 23.1 Å². The van der Waals surface area contributed by atoms with E-state index in [4.69, 9.17) is 19.7 Å². The van der Waals surface area contributed by atoms with Crippen LogP contribution in [-0.2, 0) is 4.79 Å². The van der Waals surface area contributed by atoms with E-state index < -0.39 is 11.9 Å². The molecule has 2 rings (SSSR count). The van der Waals surface area contributed by atoms with Crippen molar-refractivity contribution in [2.45, 2.75) is 13.3 Å². The van der Waals surface area contributed by atoms with Gasteiger partial charge in [0, 0.05) is 17.2 Å². The van der Waals surface area contributed by atoms with E-state index >= 15 is 0 Å². The topological polar surface area (TPSA) is 93.1 Å². The van der Waals surface area contributed by atoms with E-state index in [2.05, 4.69) is 0 Å². The number of carboxylic acid groups (broad SMARTS) is 1. The van der Waals surface area contributed by atoms with Crippen LogP contribution in [0.5, 0.6) is 11.5 Å². The Balaban J connectivity index is 2.30. The molecule has 0 amide bonds. The number of carboxylic acids is 1. The molecule has 7 heteroatoms. The summed E-state index contributed by atoms with van der Waals surface area (Å²) in [4.78, 5) is 23.6. The molecular formula is C16H18O6S. The van der Waals surface area contributed by atoms with Crippen LogP contribution in [0.2, 0.25) is 0 Å². The zero-order valence-electron chi connectivity index (χ0n) is 12.9. The van der Waals surface area contributed by atoms with Crippen LogP contribution in [0.4, 0.5) is 0 Å². The van der Waals surface area contributed by atoms with Gasteiger partial charge in [-0.3, -0.25) is 9.59 Å². The van der Waals surface area contributed by atoms with Crippen LogP contribution >= 0.6 is 11.3 Å². The number of benzene rings is 1. The summed E-state index contributed by atoms with van der Waals surface area (Å²) >= 11 is 1.29. The lowest BCUT2D eigenvalue weighted by molar-refractivity contribution is -0.141. The number of methoxy groups -OCH3 is 1. The molecule has 23 heavy (non-hydrogen) atoms. The number of ketones is 1. The first-order valence-corrected chi connectivity index (χ1v) is 7.89. The largest absolute Gasteiger partial charge is 0.493 e. The fourth-order valence-electron chi connectivity index (χ4n) is 2.08. The third kappa shape index (κ3) is 4.00. The Morgan fingerprint density at radius 3 is 2.61 bits per heavy atom. The molecular weight excluding hydrogens is 320 g/mol. The van der Waals surface area contributed by atoms with Crippen molar-refractivity contribution in [1.29, 1.82) is 0 Å². The first-order valence-electron chi connectivity index (χ1n) is 7.07. The minimum absolute atomic E-state index is 0.0346. The number of carbonyl (C=O) groups excluding carboxylic acids is 1. The summed E-state index contributed by atoms with van der Waals surface area (Å²) in [5, 5.41) is 18.6. The summed E-state index contributed by atoms with van der Waals surface area (Å²) in [6.07, 6.45) is -0.0346. The highest BCUT2D eigenvalue weighted by molar-refractivity contribution is 7.20. The monoisotopic (exact) mass is 338 g/mol. The van der Waals surface area contributed by atoms with Crippen LogP contribution in [0.25, 0.3) is 10.1 Å². The van der Waals surface area contributed by atoms with Crippen LogP contribution in [-0.4, -0.2) is 42.3 Å². The molecule has 0 fully saturated rings. The van der Waals surface area contributed by atoms with Crippen molar-refractivity contribution in [3.8, 4) is 11.5 Å². The third-order valence-electron chi connectivity index (χ3n) is 3.34. The average molecular weight is 338 g/mol. The first-order chi connectivity index (χ1) is 11.0. The predicted molar refractivity (Wildman–Crippen MR) is 86.7 cm³/mol. The lowest BCUT2D eigenvalue weighted by Crippen LogP contribution is -2.13. The molecule has 1 aromatic heterocycles. The van der Waals surface area contributed by atoms with Crippen LogP contribution in [0.15, 0.2) is 18.2 Å². The molecule has 0 spiro atoms. The van der Waals surface area contributed by atoms with Gasteiger partial charge in [0.05, 0.1) is 24.5 Å². The number of Topliss-reactive ketones (excluding diaryl/α,β-unsaturated/α-hetero) is 1. The number of aliphatic hydroxyl groups excluding tert-OH is 1. The predicted octanol–water partition coefficient (Wildman–Crippen LogP) is 2.57. The zero-order chi connectivity index (χ0) is 17.0. The summed E-state index contributed by atoms with van der Waals surface area (Å²) in [5.41, 5.74) is 0. The van der Waals surface area contributed by atoms with E-state index in [1.165, 1.54) is 25.4 Å². The molecule has 1 aromatic carbocycles. The molecule has 0 saturated heterocycles. The Labute approximate surface area is 137 Å². The standard InChI is InChI=1S/C16H18O6S/c1-9(16(19)20)5-11(18)15-7-10-6-12(21-2)13(22-4-3-17)8-14(10)23-15/h6-9,17H,3-5H2,1-2H3,(H,19,20)/t9-/m0/s1. The molecule has 0 radical (unpaired) electrons. The van der Waals surface area contributed by atoms with Crippen molar-refractivity contribution in [2.24, 2.45) is 5.92 Å². The molecule has 1 atom stereocenters. The summed E-state index contributed by atoms with van der Waals surface area (Å²) in [7, 11) is 1.51. The van der Waals surface area contributed by atoms with Gasteiger partial charge in [0.1, 0.15) is 6.61 Å². The SMILES string of the molecule is COc1cc2cc(C(=O)C[C@H](C)C(=O)O)sc2cc1OCCO. The average Bonchev–Trinajstić information content (AvgIpc) is 2.94. The maximum Gasteiger partial charge on any atom is 0.306 e. The Kier molecular flexibility index (Phi) is 5.57. The van der Waals surface area contributed by atoms with Crippen molar-refractivity contribution in [3.63, 3.8) is 0 Å². The molecule has 6 nitrogen and oxygen atoms in total. The Hall–Kier alpha value is -2.12. The summed E-state index contributed by atoms with van der Waals surface area (Å²) < 4.78 is 11.5. The van der Waals surface area contributed by atoms with Gasteiger partial charge in [0.25, 0.3) is 0 Å². The zero-order valence-corrected chi connectivity index (χ0v) is 13.7. The maximum absolute atomic E-state index is 12.2. The lowest BCUT2D eigenvalue weighted by Gasteiger charge is -2.09. The molecule has 124 valence electrons. The quantitative estimate of drug-likeness (QED) is 0.719. The maximum atomic E-state index is 12.2.